The third kappa shape index (κ3) is 2.63. The van der Waals surface area contributed by atoms with Crippen molar-refractivity contribution in [2.45, 2.75) is 19.6 Å². The van der Waals surface area contributed by atoms with Crippen molar-refractivity contribution in [3.63, 3.8) is 0 Å². The Bertz CT molecular complexity index is 545. The molecule has 2 rings (SSSR count). The van der Waals surface area contributed by atoms with Gasteiger partial charge in [0, 0.05) is 6.07 Å². The molecule has 98 valence electrons. The minimum atomic E-state index is -4.37. The van der Waals surface area contributed by atoms with Gasteiger partial charge in [0.05, 0.1) is 7.11 Å². The molecule has 8 heteroatoms. The van der Waals surface area contributed by atoms with E-state index in [2.05, 4.69) is 10.1 Å². The molecule has 0 bridgehead atoms. The van der Waals surface area contributed by atoms with E-state index in [-0.39, 0.29) is 23.4 Å². The SMILES string of the molecule is COc1ccc(-c2nc(C)nn2CC(F)(F)F)o1. The Hall–Kier alpha value is -1.99. The van der Waals surface area contributed by atoms with Gasteiger partial charge in [0.25, 0.3) is 5.95 Å². The van der Waals surface area contributed by atoms with Crippen LogP contribution in [0.4, 0.5) is 13.2 Å². The second-order valence-corrected chi connectivity index (χ2v) is 3.58. The topological polar surface area (TPSA) is 53.1 Å². The molecule has 0 saturated carbocycles. The average Bonchev–Trinajstić information content (AvgIpc) is 2.82. The highest BCUT2D eigenvalue weighted by Gasteiger charge is 2.31. The molecule has 0 radical (unpaired) electrons. The van der Waals surface area contributed by atoms with E-state index >= 15 is 0 Å². The van der Waals surface area contributed by atoms with Gasteiger partial charge in [-0.05, 0) is 13.0 Å². The maximum absolute atomic E-state index is 12.4. The van der Waals surface area contributed by atoms with E-state index in [9.17, 15) is 13.2 Å². The van der Waals surface area contributed by atoms with Crippen LogP contribution in [0.25, 0.3) is 11.6 Å². The molecule has 0 aromatic carbocycles. The van der Waals surface area contributed by atoms with E-state index in [1.54, 1.807) is 0 Å². The van der Waals surface area contributed by atoms with Crippen molar-refractivity contribution in [2.24, 2.45) is 0 Å². The largest absolute Gasteiger partial charge is 0.468 e. The van der Waals surface area contributed by atoms with Crippen molar-refractivity contribution in [1.29, 1.82) is 0 Å². The quantitative estimate of drug-likeness (QED) is 0.851. The number of methoxy groups -OCH3 is 1. The summed E-state index contributed by atoms with van der Waals surface area (Å²) in [6.07, 6.45) is -4.37. The van der Waals surface area contributed by atoms with Gasteiger partial charge in [-0.25, -0.2) is 9.67 Å². The normalized spacial score (nSPS) is 11.8. The number of alkyl halides is 3. The van der Waals surface area contributed by atoms with E-state index in [0.29, 0.717) is 0 Å². The summed E-state index contributed by atoms with van der Waals surface area (Å²) in [6, 6.07) is 2.98. The lowest BCUT2D eigenvalue weighted by molar-refractivity contribution is -0.142. The number of halogens is 3. The van der Waals surface area contributed by atoms with Crippen molar-refractivity contribution in [2.75, 3.05) is 7.11 Å². The Kier molecular flexibility index (Phi) is 3.02. The maximum atomic E-state index is 12.4. The molecule has 0 aliphatic carbocycles. The van der Waals surface area contributed by atoms with Crippen molar-refractivity contribution in [3.8, 4) is 17.5 Å². The van der Waals surface area contributed by atoms with Crippen LogP contribution in [-0.4, -0.2) is 28.1 Å². The molecule has 0 aliphatic rings. The molecule has 0 fully saturated rings. The van der Waals surface area contributed by atoms with E-state index < -0.39 is 12.7 Å². The number of hydrogen-bond acceptors (Lipinski definition) is 4. The number of nitrogens with zero attached hydrogens (tertiary/aromatic N) is 3. The zero-order valence-electron chi connectivity index (χ0n) is 9.65. The fourth-order valence-corrected chi connectivity index (χ4v) is 1.47. The van der Waals surface area contributed by atoms with Crippen molar-refractivity contribution in [3.05, 3.63) is 18.0 Å². The van der Waals surface area contributed by atoms with Crippen LogP contribution in [-0.2, 0) is 6.54 Å². The highest BCUT2D eigenvalue weighted by Crippen LogP contribution is 2.26. The Morgan fingerprint density at radius 2 is 2.11 bits per heavy atom. The molecule has 18 heavy (non-hydrogen) atoms. The molecule has 0 aliphatic heterocycles. The van der Waals surface area contributed by atoms with Crippen molar-refractivity contribution in [1.82, 2.24) is 14.8 Å². The summed E-state index contributed by atoms with van der Waals surface area (Å²) in [4.78, 5) is 3.92. The van der Waals surface area contributed by atoms with Crippen LogP contribution in [0.3, 0.4) is 0 Å². The molecule has 2 heterocycles. The number of rotatable bonds is 3. The molecule has 0 atom stereocenters. The molecule has 2 aromatic heterocycles. The number of hydrogen-bond donors (Lipinski definition) is 0. The first-order valence-electron chi connectivity index (χ1n) is 5.01. The number of aromatic nitrogens is 3. The molecule has 0 unspecified atom stereocenters. The summed E-state index contributed by atoms with van der Waals surface area (Å²) in [5.74, 6) is 0.638. The van der Waals surface area contributed by atoms with Crippen LogP contribution < -0.4 is 4.74 Å². The van der Waals surface area contributed by atoms with E-state index in [1.165, 1.54) is 26.2 Å². The van der Waals surface area contributed by atoms with Gasteiger partial charge < -0.3 is 9.15 Å². The zero-order chi connectivity index (χ0) is 13.3. The Morgan fingerprint density at radius 1 is 1.39 bits per heavy atom. The van der Waals surface area contributed by atoms with Gasteiger partial charge >= 0.3 is 6.18 Å². The minimum absolute atomic E-state index is 0.0214. The second kappa shape index (κ2) is 4.35. The first kappa shape index (κ1) is 12.5. The van der Waals surface area contributed by atoms with E-state index in [0.717, 1.165) is 4.68 Å². The summed E-state index contributed by atoms with van der Waals surface area (Å²) < 4.78 is 47.9. The number of furan rings is 1. The molecule has 0 amide bonds. The predicted molar refractivity (Wildman–Crippen MR) is 55.1 cm³/mol. The molecule has 0 spiro atoms. The van der Waals surface area contributed by atoms with Crippen molar-refractivity contribution < 1.29 is 22.3 Å². The fraction of sp³-hybridized carbons (Fsp3) is 0.400. The fourth-order valence-electron chi connectivity index (χ4n) is 1.47. The molecule has 0 N–H and O–H groups in total. The standard InChI is InChI=1S/C10H10F3N3O2/c1-6-14-9(7-3-4-8(17-2)18-7)16(15-6)5-10(11,12)13/h3-4H,5H2,1-2H3. The third-order valence-corrected chi connectivity index (χ3v) is 2.11. The van der Waals surface area contributed by atoms with Crippen molar-refractivity contribution >= 4 is 0 Å². The van der Waals surface area contributed by atoms with E-state index in [4.69, 9.17) is 9.15 Å². The molecule has 2 aromatic rings. The molecular formula is C10H10F3N3O2. The lowest BCUT2D eigenvalue weighted by atomic mass is 10.4. The van der Waals surface area contributed by atoms with Crippen LogP contribution in [0, 0.1) is 6.92 Å². The molecule has 5 nitrogen and oxygen atoms in total. The summed E-state index contributed by atoms with van der Waals surface area (Å²) in [6.45, 7) is 0.294. The lowest BCUT2D eigenvalue weighted by Gasteiger charge is -2.07. The monoisotopic (exact) mass is 261 g/mol. The van der Waals surface area contributed by atoms with Gasteiger partial charge in [-0.1, -0.05) is 0 Å². The first-order chi connectivity index (χ1) is 8.39. The third-order valence-electron chi connectivity index (χ3n) is 2.11. The van der Waals surface area contributed by atoms with Crippen LogP contribution in [0.2, 0.25) is 0 Å². The second-order valence-electron chi connectivity index (χ2n) is 3.58. The highest BCUT2D eigenvalue weighted by molar-refractivity contribution is 5.48. The smallest absolute Gasteiger partial charge is 0.408 e. The summed E-state index contributed by atoms with van der Waals surface area (Å²) in [5, 5.41) is 3.69. The first-order valence-corrected chi connectivity index (χ1v) is 5.01. The Balaban J connectivity index is 2.38. The van der Waals surface area contributed by atoms with E-state index in [1.807, 2.05) is 0 Å². The Labute approximate surface area is 100 Å². The van der Waals surface area contributed by atoms with Crippen LogP contribution in [0.5, 0.6) is 5.95 Å². The Morgan fingerprint density at radius 3 is 2.67 bits per heavy atom. The average molecular weight is 261 g/mol. The van der Waals surface area contributed by atoms with Gasteiger partial charge in [0.15, 0.2) is 11.6 Å². The maximum Gasteiger partial charge on any atom is 0.408 e. The van der Waals surface area contributed by atoms with Gasteiger partial charge in [-0.2, -0.15) is 18.3 Å². The lowest BCUT2D eigenvalue weighted by Crippen LogP contribution is -2.19. The molecule has 0 saturated heterocycles. The van der Waals surface area contributed by atoms with Crippen LogP contribution in [0.15, 0.2) is 16.5 Å². The molecular weight excluding hydrogens is 251 g/mol. The van der Waals surface area contributed by atoms with Crippen LogP contribution >= 0.6 is 0 Å². The summed E-state index contributed by atoms with van der Waals surface area (Å²) in [5.41, 5.74) is 0. The van der Waals surface area contributed by atoms with Gasteiger partial charge in [0.2, 0.25) is 0 Å². The van der Waals surface area contributed by atoms with Gasteiger partial charge in [-0.15, -0.1) is 0 Å². The zero-order valence-corrected chi connectivity index (χ0v) is 9.65. The number of aryl methyl sites for hydroxylation is 1. The van der Waals surface area contributed by atoms with Crippen LogP contribution in [0.1, 0.15) is 5.82 Å². The minimum Gasteiger partial charge on any atom is -0.468 e. The number of ether oxygens (including phenoxy) is 1. The van der Waals surface area contributed by atoms with Gasteiger partial charge in [0.1, 0.15) is 12.4 Å². The summed E-state index contributed by atoms with van der Waals surface area (Å²) in [7, 11) is 1.40. The van der Waals surface area contributed by atoms with Gasteiger partial charge in [-0.3, -0.25) is 0 Å². The predicted octanol–water partition coefficient (Wildman–Crippen LogP) is 2.42. The highest BCUT2D eigenvalue weighted by atomic mass is 19.4. The summed E-state index contributed by atoms with van der Waals surface area (Å²) >= 11 is 0.